The number of carbonyl (C=O) groups excluding carboxylic acids is 1. The van der Waals surface area contributed by atoms with Crippen LogP contribution in [0, 0.1) is 5.82 Å². The average molecular weight is 324 g/mol. The van der Waals surface area contributed by atoms with E-state index >= 15 is 0 Å². The molecule has 2 heterocycles. The zero-order valence-corrected chi connectivity index (χ0v) is 13.6. The van der Waals surface area contributed by atoms with E-state index in [-0.39, 0.29) is 31.8 Å². The van der Waals surface area contributed by atoms with E-state index in [1.54, 1.807) is 12.3 Å². The largest absolute Gasteiger partial charge is 1.00 e. The number of benzene rings is 1. The SMILES string of the molecule is CCNC(=O)Nc1nc2c(F)ccc(-c3ccccn3)c2s1.[H-].[Li+]. The van der Waals surface area contributed by atoms with E-state index in [9.17, 15) is 9.18 Å². The Balaban J connectivity index is 0.00000144. The summed E-state index contributed by atoms with van der Waals surface area (Å²) in [7, 11) is 0. The minimum absolute atomic E-state index is 0. The van der Waals surface area contributed by atoms with Crippen LogP contribution in [0.2, 0.25) is 0 Å². The molecule has 1 aromatic carbocycles. The van der Waals surface area contributed by atoms with Crippen LogP contribution < -0.4 is 29.5 Å². The van der Waals surface area contributed by atoms with Gasteiger partial charge in [-0.1, -0.05) is 17.4 Å². The van der Waals surface area contributed by atoms with Gasteiger partial charge in [0.05, 0.1) is 10.4 Å². The molecule has 2 aromatic heterocycles. The van der Waals surface area contributed by atoms with Crippen molar-refractivity contribution in [1.82, 2.24) is 15.3 Å². The maximum absolute atomic E-state index is 14.0. The predicted molar refractivity (Wildman–Crippen MR) is 86.6 cm³/mol. The van der Waals surface area contributed by atoms with Gasteiger partial charge in [0.15, 0.2) is 5.13 Å². The monoisotopic (exact) mass is 324 g/mol. The second-order valence-electron chi connectivity index (χ2n) is 4.49. The van der Waals surface area contributed by atoms with Crippen LogP contribution >= 0.6 is 11.3 Å². The van der Waals surface area contributed by atoms with Crippen LogP contribution in [0.3, 0.4) is 0 Å². The van der Waals surface area contributed by atoms with Crippen molar-refractivity contribution in [3.63, 3.8) is 0 Å². The first-order valence-corrected chi connectivity index (χ1v) is 7.56. The number of pyridine rings is 1. The molecule has 2 N–H and O–H groups in total. The van der Waals surface area contributed by atoms with Crippen molar-refractivity contribution in [3.8, 4) is 11.3 Å². The third-order valence-electron chi connectivity index (χ3n) is 2.99. The quantitative estimate of drug-likeness (QED) is 0.699. The van der Waals surface area contributed by atoms with Gasteiger partial charge in [0.25, 0.3) is 0 Å². The fraction of sp³-hybridized carbons (Fsp3) is 0.133. The molecule has 0 saturated heterocycles. The molecule has 3 rings (SSSR count). The van der Waals surface area contributed by atoms with Crippen LogP contribution in [0.5, 0.6) is 0 Å². The Hall–Kier alpha value is -1.94. The second-order valence-corrected chi connectivity index (χ2v) is 5.49. The van der Waals surface area contributed by atoms with Crippen molar-refractivity contribution in [2.24, 2.45) is 0 Å². The summed E-state index contributed by atoms with van der Waals surface area (Å²) in [5.41, 5.74) is 1.76. The van der Waals surface area contributed by atoms with Crippen LogP contribution in [0.15, 0.2) is 36.5 Å². The predicted octanol–water partition coefficient (Wildman–Crippen LogP) is 0.755. The van der Waals surface area contributed by atoms with Crippen molar-refractivity contribution in [1.29, 1.82) is 0 Å². The fourth-order valence-electron chi connectivity index (χ4n) is 2.05. The third-order valence-corrected chi connectivity index (χ3v) is 4.00. The molecule has 8 heteroatoms. The van der Waals surface area contributed by atoms with Crippen LogP contribution in [0.1, 0.15) is 8.35 Å². The summed E-state index contributed by atoms with van der Waals surface area (Å²) in [4.78, 5) is 20.0. The van der Waals surface area contributed by atoms with Gasteiger partial charge in [-0.05, 0) is 31.2 Å². The van der Waals surface area contributed by atoms with Crippen molar-refractivity contribution in [2.45, 2.75) is 6.92 Å². The normalized spacial score (nSPS) is 10.2. The van der Waals surface area contributed by atoms with Gasteiger partial charge in [0.2, 0.25) is 0 Å². The van der Waals surface area contributed by atoms with Crippen LogP contribution in [0.25, 0.3) is 21.5 Å². The summed E-state index contributed by atoms with van der Waals surface area (Å²) in [6, 6.07) is 8.21. The van der Waals surface area contributed by atoms with Gasteiger partial charge in [-0.2, -0.15) is 0 Å². The number of rotatable bonds is 3. The van der Waals surface area contributed by atoms with Gasteiger partial charge in [-0.3, -0.25) is 10.3 Å². The number of halogens is 1. The second kappa shape index (κ2) is 7.55. The molecule has 0 atom stereocenters. The maximum Gasteiger partial charge on any atom is 1.00 e. The first-order valence-electron chi connectivity index (χ1n) is 6.74. The van der Waals surface area contributed by atoms with Gasteiger partial charge >= 0.3 is 24.9 Å². The maximum atomic E-state index is 14.0. The van der Waals surface area contributed by atoms with E-state index in [1.807, 2.05) is 25.1 Å². The number of nitrogens with zero attached hydrogens (tertiary/aromatic N) is 2. The molecule has 0 saturated carbocycles. The molecule has 0 spiro atoms. The Labute approximate surface area is 150 Å². The van der Waals surface area contributed by atoms with E-state index in [0.717, 1.165) is 11.3 Å². The Morgan fingerprint density at radius 3 is 2.87 bits per heavy atom. The molecule has 0 aliphatic rings. The number of anilines is 1. The standard InChI is InChI=1S/C15H13FN4OS.Li.H/c1-2-17-14(21)20-15-19-12-10(16)7-6-9(13(12)22-15)11-5-3-4-8-18-11;;/h3-8H,2H2,1H3,(H2,17,19,20,21);;/q;+1;-1. The number of hydrogen-bond acceptors (Lipinski definition) is 4. The summed E-state index contributed by atoms with van der Waals surface area (Å²) >= 11 is 1.22. The number of carbonyl (C=O) groups is 1. The zero-order valence-electron chi connectivity index (χ0n) is 13.8. The molecule has 0 fully saturated rings. The number of nitrogens with one attached hydrogen (secondary N) is 2. The number of urea groups is 1. The van der Waals surface area contributed by atoms with Crippen LogP contribution in [0.4, 0.5) is 14.3 Å². The summed E-state index contributed by atoms with van der Waals surface area (Å²) < 4.78 is 14.6. The number of hydrogen-bond donors (Lipinski definition) is 2. The molecule has 5 nitrogen and oxygen atoms in total. The van der Waals surface area contributed by atoms with E-state index in [0.29, 0.717) is 16.4 Å². The molecule has 2 amide bonds. The number of amides is 2. The molecular weight excluding hydrogens is 310 g/mol. The van der Waals surface area contributed by atoms with Gasteiger partial charge in [-0.15, -0.1) is 0 Å². The first kappa shape index (κ1) is 17.4. The molecule has 0 bridgehead atoms. The topological polar surface area (TPSA) is 66.9 Å². The molecule has 0 unspecified atom stereocenters. The minimum Gasteiger partial charge on any atom is -1.00 e. The number of aromatic nitrogens is 2. The van der Waals surface area contributed by atoms with Crippen molar-refractivity contribution >= 4 is 32.7 Å². The van der Waals surface area contributed by atoms with Crippen molar-refractivity contribution in [2.75, 3.05) is 11.9 Å². The molecule has 0 aliphatic carbocycles. The molecular formula is C15H14FLiN4OS. The number of thiazole rings is 1. The van der Waals surface area contributed by atoms with Gasteiger partial charge in [0, 0.05) is 18.3 Å². The Kier molecular flexibility index (Phi) is 5.72. The van der Waals surface area contributed by atoms with Gasteiger partial charge in [0.1, 0.15) is 11.3 Å². The molecule has 3 aromatic rings. The van der Waals surface area contributed by atoms with E-state index < -0.39 is 5.82 Å². The van der Waals surface area contributed by atoms with Gasteiger partial charge < -0.3 is 6.74 Å². The summed E-state index contributed by atoms with van der Waals surface area (Å²) in [5.74, 6) is -0.421. The third kappa shape index (κ3) is 3.70. The Morgan fingerprint density at radius 1 is 1.35 bits per heavy atom. The van der Waals surface area contributed by atoms with Crippen LogP contribution in [-0.2, 0) is 0 Å². The summed E-state index contributed by atoms with van der Waals surface area (Å²) in [5, 5.41) is 5.57. The van der Waals surface area contributed by atoms with Gasteiger partial charge in [-0.25, -0.2) is 14.2 Å². The summed E-state index contributed by atoms with van der Waals surface area (Å²) in [6.07, 6.45) is 1.68. The number of fused-ring (bicyclic) bond motifs is 1. The Morgan fingerprint density at radius 2 is 2.17 bits per heavy atom. The Bertz CT molecular complexity index is 831. The summed E-state index contributed by atoms with van der Waals surface area (Å²) in [6.45, 7) is 2.32. The minimum atomic E-state index is -0.421. The van der Waals surface area contributed by atoms with E-state index in [2.05, 4.69) is 20.6 Å². The zero-order chi connectivity index (χ0) is 15.5. The molecule has 23 heavy (non-hydrogen) atoms. The van der Waals surface area contributed by atoms with Crippen LogP contribution in [-0.4, -0.2) is 22.5 Å². The molecule has 114 valence electrons. The van der Waals surface area contributed by atoms with Crippen molar-refractivity contribution in [3.05, 3.63) is 42.3 Å². The van der Waals surface area contributed by atoms with E-state index in [4.69, 9.17) is 0 Å². The van der Waals surface area contributed by atoms with Crippen molar-refractivity contribution < 1.29 is 29.5 Å². The first-order chi connectivity index (χ1) is 10.7. The molecule has 0 aliphatic heterocycles. The van der Waals surface area contributed by atoms with E-state index in [1.165, 1.54) is 17.4 Å². The smallest absolute Gasteiger partial charge is 1.00 e. The molecule has 0 radical (unpaired) electrons. The fourth-order valence-corrected chi connectivity index (χ4v) is 3.05. The average Bonchev–Trinajstić information content (AvgIpc) is 2.93.